The molecule has 0 spiro atoms. The summed E-state index contributed by atoms with van der Waals surface area (Å²) in [4.78, 5) is 2.88. The third kappa shape index (κ3) is 3.91. The van der Waals surface area contributed by atoms with E-state index in [1.807, 2.05) is 0 Å². The van der Waals surface area contributed by atoms with Crippen molar-refractivity contribution >= 4 is 17.2 Å². The van der Waals surface area contributed by atoms with E-state index in [2.05, 4.69) is 37.1 Å². The van der Waals surface area contributed by atoms with Crippen LogP contribution in [-0.2, 0) is 12.8 Å². The maximum atomic E-state index is 5.64. The third-order valence-electron chi connectivity index (χ3n) is 3.61. The van der Waals surface area contributed by atoms with Crippen molar-refractivity contribution < 1.29 is 4.74 Å². The van der Waals surface area contributed by atoms with E-state index in [9.17, 15) is 0 Å². The molecule has 19 heavy (non-hydrogen) atoms. The number of thiocarbonyl (C=S) groups is 1. The molecular formula is C15H22N2OS. The number of ether oxygens (including phenoxy) is 1. The predicted molar refractivity (Wildman–Crippen MR) is 82.8 cm³/mol. The van der Waals surface area contributed by atoms with Crippen molar-refractivity contribution in [3.8, 4) is 5.75 Å². The highest BCUT2D eigenvalue weighted by Gasteiger charge is 2.13. The fourth-order valence-electron chi connectivity index (χ4n) is 2.36. The Morgan fingerprint density at radius 1 is 1.53 bits per heavy atom. The molecule has 1 aliphatic heterocycles. The molecule has 3 nitrogen and oxygen atoms in total. The predicted octanol–water partition coefficient (Wildman–Crippen LogP) is 2.02. The normalized spacial score (nSPS) is 15.1. The van der Waals surface area contributed by atoms with E-state index in [0.717, 1.165) is 38.3 Å². The summed E-state index contributed by atoms with van der Waals surface area (Å²) in [5.41, 5.74) is 8.36. The van der Waals surface area contributed by atoms with Crippen LogP contribution in [0.4, 0.5) is 0 Å². The van der Waals surface area contributed by atoms with E-state index in [0.29, 0.717) is 4.99 Å². The molecule has 0 fully saturated rings. The lowest BCUT2D eigenvalue weighted by molar-refractivity contribution is 0.319. The molecule has 0 radical (unpaired) electrons. The molecule has 1 atom stereocenters. The summed E-state index contributed by atoms with van der Waals surface area (Å²) in [5, 5.41) is 0. The number of hydrogen-bond acceptors (Lipinski definition) is 3. The molecule has 0 bridgehead atoms. The monoisotopic (exact) mass is 278 g/mol. The third-order valence-corrected chi connectivity index (χ3v) is 4.01. The molecule has 104 valence electrons. The fourth-order valence-corrected chi connectivity index (χ4v) is 2.44. The van der Waals surface area contributed by atoms with Gasteiger partial charge in [-0.25, -0.2) is 0 Å². The van der Waals surface area contributed by atoms with Crippen molar-refractivity contribution in [3.05, 3.63) is 29.3 Å². The summed E-state index contributed by atoms with van der Waals surface area (Å²) in [6.07, 6.45) is 2.09. The van der Waals surface area contributed by atoms with Crippen LogP contribution in [0.3, 0.4) is 0 Å². The molecule has 1 unspecified atom stereocenters. The van der Waals surface area contributed by atoms with Gasteiger partial charge in [0, 0.05) is 25.4 Å². The van der Waals surface area contributed by atoms with E-state index in [4.69, 9.17) is 22.7 Å². The van der Waals surface area contributed by atoms with Gasteiger partial charge >= 0.3 is 0 Å². The molecule has 1 aromatic carbocycles. The Morgan fingerprint density at radius 3 is 3.05 bits per heavy atom. The van der Waals surface area contributed by atoms with Gasteiger partial charge in [-0.05, 0) is 30.7 Å². The van der Waals surface area contributed by atoms with E-state index in [1.165, 1.54) is 11.1 Å². The highest BCUT2D eigenvalue weighted by atomic mass is 32.1. The van der Waals surface area contributed by atoms with Crippen LogP contribution in [0.2, 0.25) is 0 Å². The molecule has 1 aromatic rings. The summed E-state index contributed by atoms with van der Waals surface area (Å²) >= 11 is 5.01. The van der Waals surface area contributed by atoms with Gasteiger partial charge in [-0.15, -0.1) is 0 Å². The first-order chi connectivity index (χ1) is 9.06. The molecule has 0 aliphatic carbocycles. The standard InChI is InChI=1S/C15H22N2OS/c1-11(15(16)19)10-17(2)7-5-12-3-4-14-13(9-12)6-8-18-14/h3-4,9,11H,5-8,10H2,1-2H3,(H2,16,19). The number of nitrogens with zero attached hydrogens (tertiary/aromatic N) is 1. The van der Waals surface area contributed by atoms with Crippen molar-refractivity contribution in [2.45, 2.75) is 19.8 Å². The zero-order valence-corrected chi connectivity index (χ0v) is 12.5. The van der Waals surface area contributed by atoms with Crippen LogP contribution in [0.1, 0.15) is 18.1 Å². The fraction of sp³-hybridized carbons (Fsp3) is 0.533. The van der Waals surface area contributed by atoms with Crippen LogP contribution in [-0.4, -0.2) is 36.6 Å². The summed E-state index contributed by atoms with van der Waals surface area (Å²) in [6, 6.07) is 6.53. The first-order valence-corrected chi connectivity index (χ1v) is 7.19. The van der Waals surface area contributed by atoms with Gasteiger partial charge in [0.1, 0.15) is 5.75 Å². The molecule has 2 rings (SSSR count). The van der Waals surface area contributed by atoms with Gasteiger partial charge in [-0.2, -0.15) is 0 Å². The lowest BCUT2D eigenvalue weighted by Gasteiger charge is -2.20. The number of nitrogens with two attached hydrogens (primary N) is 1. The van der Waals surface area contributed by atoms with Crippen molar-refractivity contribution in [2.75, 3.05) is 26.7 Å². The Morgan fingerprint density at radius 2 is 2.32 bits per heavy atom. The lowest BCUT2D eigenvalue weighted by atomic mass is 10.1. The maximum Gasteiger partial charge on any atom is 0.122 e. The molecule has 4 heteroatoms. The van der Waals surface area contributed by atoms with Gasteiger partial charge in [-0.1, -0.05) is 31.3 Å². The molecule has 0 aromatic heterocycles. The van der Waals surface area contributed by atoms with Gasteiger partial charge in [0.05, 0.1) is 11.6 Å². The van der Waals surface area contributed by atoms with Gasteiger partial charge in [0.2, 0.25) is 0 Å². The molecule has 0 amide bonds. The molecule has 0 saturated heterocycles. The topological polar surface area (TPSA) is 38.5 Å². The summed E-state index contributed by atoms with van der Waals surface area (Å²) in [6.45, 7) is 4.84. The number of fused-ring (bicyclic) bond motifs is 1. The minimum absolute atomic E-state index is 0.272. The van der Waals surface area contributed by atoms with Crippen molar-refractivity contribution in [1.82, 2.24) is 4.90 Å². The van der Waals surface area contributed by atoms with E-state index in [-0.39, 0.29) is 5.92 Å². The lowest BCUT2D eigenvalue weighted by Crippen LogP contribution is -2.32. The van der Waals surface area contributed by atoms with Crippen LogP contribution in [0.15, 0.2) is 18.2 Å². The smallest absolute Gasteiger partial charge is 0.122 e. The average molecular weight is 278 g/mol. The van der Waals surface area contributed by atoms with Gasteiger partial charge in [-0.3, -0.25) is 0 Å². The first-order valence-electron chi connectivity index (χ1n) is 6.78. The molecule has 1 aliphatic rings. The number of hydrogen-bond donors (Lipinski definition) is 1. The average Bonchev–Trinajstić information content (AvgIpc) is 2.83. The second-order valence-electron chi connectivity index (χ2n) is 5.36. The van der Waals surface area contributed by atoms with Crippen LogP contribution in [0.5, 0.6) is 5.75 Å². The highest BCUT2D eigenvalue weighted by molar-refractivity contribution is 7.80. The second-order valence-corrected chi connectivity index (χ2v) is 5.83. The highest BCUT2D eigenvalue weighted by Crippen LogP contribution is 2.26. The molecular weight excluding hydrogens is 256 g/mol. The quantitative estimate of drug-likeness (QED) is 0.808. The number of likely N-dealkylation sites (N-methyl/N-ethyl adjacent to an activating group) is 1. The van der Waals surface area contributed by atoms with Gasteiger partial charge < -0.3 is 15.4 Å². The maximum absolute atomic E-state index is 5.64. The van der Waals surface area contributed by atoms with E-state index in [1.54, 1.807) is 0 Å². The first kappa shape index (κ1) is 14.3. The van der Waals surface area contributed by atoms with E-state index < -0.39 is 0 Å². The molecule has 1 heterocycles. The Hall–Kier alpha value is -1.13. The summed E-state index contributed by atoms with van der Waals surface area (Å²) in [7, 11) is 2.12. The van der Waals surface area contributed by atoms with Gasteiger partial charge in [0.25, 0.3) is 0 Å². The minimum atomic E-state index is 0.272. The Labute approximate surface area is 120 Å². The zero-order chi connectivity index (χ0) is 13.8. The molecule has 2 N–H and O–H groups in total. The SMILES string of the molecule is CC(CN(C)CCc1ccc2c(c1)CCO2)C(N)=S. The number of benzene rings is 1. The minimum Gasteiger partial charge on any atom is -0.493 e. The van der Waals surface area contributed by atoms with Crippen LogP contribution in [0.25, 0.3) is 0 Å². The van der Waals surface area contributed by atoms with Crippen molar-refractivity contribution in [3.63, 3.8) is 0 Å². The van der Waals surface area contributed by atoms with Gasteiger partial charge in [0.15, 0.2) is 0 Å². The van der Waals surface area contributed by atoms with Crippen LogP contribution >= 0.6 is 12.2 Å². The Kier molecular flexibility index (Phi) is 4.77. The van der Waals surface area contributed by atoms with Crippen molar-refractivity contribution in [1.29, 1.82) is 0 Å². The second kappa shape index (κ2) is 6.35. The van der Waals surface area contributed by atoms with Crippen LogP contribution in [0, 0.1) is 5.92 Å². The Bertz CT molecular complexity index is 461. The zero-order valence-electron chi connectivity index (χ0n) is 11.7. The largest absolute Gasteiger partial charge is 0.493 e. The van der Waals surface area contributed by atoms with Crippen LogP contribution < -0.4 is 10.5 Å². The summed E-state index contributed by atoms with van der Waals surface area (Å²) < 4.78 is 5.52. The van der Waals surface area contributed by atoms with Crippen molar-refractivity contribution in [2.24, 2.45) is 11.7 Å². The van der Waals surface area contributed by atoms with E-state index >= 15 is 0 Å². The number of rotatable bonds is 6. The molecule has 0 saturated carbocycles. The Balaban J connectivity index is 1.83. The summed E-state index contributed by atoms with van der Waals surface area (Å²) in [5.74, 6) is 1.33.